The Labute approximate surface area is 87.3 Å². The highest BCUT2D eigenvalue weighted by Gasteiger charge is 2.21. The van der Waals surface area contributed by atoms with Crippen LogP contribution in [0.2, 0.25) is 0 Å². The van der Waals surface area contributed by atoms with Crippen LogP contribution in [0.15, 0.2) is 24.3 Å². The second-order valence-corrected chi connectivity index (χ2v) is 4.92. The monoisotopic (exact) mass is 188 g/mol. The summed E-state index contributed by atoms with van der Waals surface area (Å²) < 4.78 is 0. The molecule has 0 bridgehead atoms. The van der Waals surface area contributed by atoms with Crippen molar-refractivity contribution in [3.8, 4) is 0 Å². The quantitative estimate of drug-likeness (QED) is 0.668. The van der Waals surface area contributed by atoms with E-state index in [0.29, 0.717) is 0 Å². The van der Waals surface area contributed by atoms with Crippen molar-refractivity contribution in [3.63, 3.8) is 0 Å². The molecule has 1 saturated carbocycles. The van der Waals surface area contributed by atoms with Crippen LogP contribution in [-0.4, -0.2) is 0 Å². The van der Waals surface area contributed by atoms with Gasteiger partial charge in [-0.1, -0.05) is 44.5 Å². The second-order valence-electron chi connectivity index (χ2n) is 4.92. The molecule has 14 heavy (non-hydrogen) atoms. The van der Waals surface area contributed by atoms with Crippen LogP contribution in [0.4, 0.5) is 0 Å². The molecule has 0 unspecified atom stereocenters. The fourth-order valence-electron chi connectivity index (χ4n) is 2.28. The first-order chi connectivity index (χ1) is 6.77. The molecule has 2 rings (SSSR count). The first-order valence-electron chi connectivity index (χ1n) is 5.85. The highest BCUT2D eigenvalue weighted by Crippen LogP contribution is 2.38. The van der Waals surface area contributed by atoms with Crippen molar-refractivity contribution in [2.45, 2.75) is 45.4 Å². The Hall–Kier alpha value is -0.780. The zero-order valence-electron chi connectivity index (χ0n) is 9.29. The highest BCUT2D eigenvalue weighted by atomic mass is 14.3. The minimum absolute atomic E-state index is 0.774. The maximum absolute atomic E-state index is 2.33. The van der Waals surface area contributed by atoms with E-state index in [4.69, 9.17) is 0 Å². The highest BCUT2D eigenvalue weighted by molar-refractivity contribution is 5.31. The molecule has 0 N–H and O–H groups in total. The molecular weight excluding hydrogens is 168 g/mol. The first-order valence-corrected chi connectivity index (χ1v) is 5.85. The van der Waals surface area contributed by atoms with Crippen LogP contribution >= 0.6 is 0 Å². The maximum atomic E-state index is 2.33. The Morgan fingerprint density at radius 2 is 1.93 bits per heavy atom. The van der Waals surface area contributed by atoms with Gasteiger partial charge in [-0.25, -0.2) is 0 Å². The minimum atomic E-state index is 0.774. The Morgan fingerprint density at radius 3 is 2.50 bits per heavy atom. The molecule has 76 valence electrons. The molecule has 0 aromatic heterocycles. The largest absolute Gasteiger partial charge is 0.0625 e. The zero-order valence-corrected chi connectivity index (χ0v) is 9.29. The van der Waals surface area contributed by atoms with Crippen molar-refractivity contribution in [2.75, 3.05) is 0 Å². The van der Waals surface area contributed by atoms with Gasteiger partial charge in [0.25, 0.3) is 0 Å². The van der Waals surface area contributed by atoms with Gasteiger partial charge in [-0.2, -0.15) is 0 Å². The molecule has 1 aliphatic rings. The molecule has 0 aliphatic heterocycles. The van der Waals surface area contributed by atoms with Crippen LogP contribution in [0.3, 0.4) is 0 Å². The summed E-state index contributed by atoms with van der Waals surface area (Å²) in [7, 11) is 0. The Morgan fingerprint density at radius 1 is 1.21 bits per heavy atom. The molecule has 0 heterocycles. The summed E-state index contributed by atoms with van der Waals surface area (Å²) in [5.41, 5.74) is 3.22. The lowest BCUT2D eigenvalue weighted by Crippen LogP contribution is -2.12. The van der Waals surface area contributed by atoms with Gasteiger partial charge in [-0.3, -0.25) is 0 Å². The lowest BCUT2D eigenvalue weighted by atomic mass is 9.77. The Bertz CT molecular complexity index is 295. The summed E-state index contributed by atoms with van der Waals surface area (Å²) in [6.45, 7) is 4.61. The van der Waals surface area contributed by atoms with E-state index >= 15 is 0 Å². The summed E-state index contributed by atoms with van der Waals surface area (Å²) in [4.78, 5) is 0. The van der Waals surface area contributed by atoms with Gasteiger partial charge < -0.3 is 0 Å². The fraction of sp³-hybridized carbons (Fsp3) is 0.571. The van der Waals surface area contributed by atoms with Gasteiger partial charge in [0.15, 0.2) is 0 Å². The predicted octanol–water partition coefficient (Wildman–Crippen LogP) is 4.15. The van der Waals surface area contributed by atoms with E-state index in [0.717, 1.165) is 11.8 Å². The van der Waals surface area contributed by atoms with Gasteiger partial charge in [0.1, 0.15) is 0 Å². The molecule has 1 aromatic rings. The number of rotatable bonds is 3. The fourth-order valence-corrected chi connectivity index (χ4v) is 2.28. The van der Waals surface area contributed by atoms with E-state index in [1.165, 1.54) is 25.7 Å². The Balaban J connectivity index is 2.19. The molecule has 0 nitrogen and oxygen atoms in total. The van der Waals surface area contributed by atoms with Gasteiger partial charge in [0.2, 0.25) is 0 Å². The molecule has 1 aliphatic carbocycles. The minimum Gasteiger partial charge on any atom is -0.0625 e. The van der Waals surface area contributed by atoms with E-state index in [1.54, 1.807) is 11.1 Å². The van der Waals surface area contributed by atoms with Crippen LogP contribution in [-0.2, 0) is 6.42 Å². The lowest BCUT2D eigenvalue weighted by Gasteiger charge is -2.28. The summed E-state index contributed by atoms with van der Waals surface area (Å²) >= 11 is 0. The van der Waals surface area contributed by atoms with Crippen molar-refractivity contribution >= 4 is 0 Å². The molecule has 0 saturated heterocycles. The third kappa shape index (κ3) is 2.00. The smallest absolute Gasteiger partial charge is 0.0159 e. The summed E-state index contributed by atoms with van der Waals surface area (Å²) in [5.74, 6) is 1.65. The SMILES string of the molecule is CC(C)Cc1ccccc1C1CCC1. The van der Waals surface area contributed by atoms with E-state index < -0.39 is 0 Å². The lowest BCUT2D eigenvalue weighted by molar-refractivity contribution is 0.415. The van der Waals surface area contributed by atoms with Crippen molar-refractivity contribution in [2.24, 2.45) is 5.92 Å². The van der Waals surface area contributed by atoms with Crippen molar-refractivity contribution in [3.05, 3.63) is 35.4 Å². The van der Waals surface area contributed by atoms with Crippen LogP contribution in [0.25, 0.3) is 0 Å². The summed E-state index contributed by atoms with van der Waals surface area (Å²) in [5, 5.41) is 0. The molecule has 0 heteroatoms. The average Bonchev–Trinajstić information content (AvgIpc) is 2.04. The number of benzene rings is 1. The standard InChI is InChI=1S/C14H20/c1-11(2)10-13-6-3-4-9-14(13)12-7-5-8-12/h3-4,6,9,11-12H,5,7-8,10H2,1-2H3. The van der Waals surface area contributed by atoms with Gasteiger partial charge in [-0.05, 0) is 42.2 Å². The van der Waals surface area contributed by atoms with Crippen molar-refractivity contribution < 1.29 is 0 Å². The topological polar surface area (TPSA) is 0 Å². The van der Waals surface area contributed by atoms with Crippen LogP contribution in [0.1, 0.15) is 50.2 Å². The summed E-state index contributed by atoms with van der Waals surface area (Å²) in [6, 6.07) is 9.02. The second kappa shape index (κ2) is 4.16. The molecule has 0 spiro atoms. The van der Waals surface area contributed by atoms with E-state index in [2.05, 4.69) is 38.1 Å². The molecule has 0 atom stereocenters. The maximum Gasteiger partial charge on any atom is -0.0159 e. The van der Waals surface area contributed by atoms with Crippen molar-refractivity contribution in [1.29, 1.82) is 0 Å². The molecular formula is C14H20. The third-order valence-electron chi connectivity index (χ3n) is 3.23. The molecule has 1 fully saturated rings. The van der Waals surface area contributed by atoms with Crippen molar-refractivity contribution in [1.82, 2.24) is 0 Å². The van der Waals surface area contributed by atoms with Gasteiger partial charge in [-0.15, -0.1) is 0 Å². The third-order valence-corrected chi connectivity index (χ3v) is 3.23. The van der Waals surface area contributed by atoms with E-state index in [9.17, 15) is 0 Å². The Kier molecular flexibility index (Phi) is 2.90. The van der Waals surface area contributed by atoms with Crippen LogP contribution in [0, 0.1) is 5.92 Å². The molecule has 1 aromatic carbocycles. The predicted molar refractivity (Wildman–Crippen MR) is 61.6 cm³/mol. The molecule has 0 amide bonds. The summed E-state index contributed by atoms with van der Waals surface area (Å²) in [6.07, 6.45) is 5.50. The van der Waals surface area contributed by atoms with E-state index in [1.807, 2.05) is 0 Å². The molecule has 0 radical (unpaired) electrons. The van der Waals surface area contributed by atoms with Gasteiger partial charge in [0, 0.05) is 0 Å². The number of hydrogen-bond acceptors (Lipinski definition) is 0. The number of hydrogen-bond donors (Lipinski definition) is 0. The normalized spacial score (nSPS) is 17.1. The van der Waals surface area contributed by atoms with Crippen LogP contribution < -0.4 is 0 Å². The van der Waals surface area contributed by atoms with Crippen LogP contribution in [0.5, 0.6) is 0 Å². The zero-order chi connectivity index (χ0) is 9.97. The first kappa shape index (κ1) is 9.76. The van der Waals surface area contributed by atoms with Gasteiger partial charge >= 0.3 is 0 Å². The van der Waals surface area contributed by atoms with Gasteiger partial charge in [0.05, 0.1) is 0 Å². The average molecular weight is 188 g/mol. The van der Waals surface area contributed by atoms with E-state index in [-0.39, 0.29) is 0 Å².